The van der Waals surface area contributed by atoms with Gasteiger partial charge in [0.25, 0.3) is 0 Å². The Morgan fingerprint density at radius 2 is 1.29 bits per heavy atom. The highest BCUT2D eigenvalue weighted by Crippen LogP contribution is 2.35. The second-order valence-electron chi connectivity index (χ2n) is 9.18. The number of nitrogens with one attached hydrogen (secondary N) is 1. The third-order valence-corrected chi connectivity index (χ3v) is 6.95. The molecule has 0 atom stereocenters. The van der Waals surface area contributed by atoms with Crippen molar-refractivity contribution in [3.8, 4) is 33.9 Å². The number of hydrogen-bond acceptors (Lipinski definition) is 2. The van der Waals surface area contributed by atoms with Gasteiger partial charge >= 0.3 is 0 Å². The number of carbonyl (C=O) groups excluding carboxylic acids is 1. The van der Waals surface area contributed by atoms with Gasteiger partial charge in [0.05, 0.1) is 11.4 Å². The van der Waals surface area contributed by atoms with Crippen LogP contribution in [0.5, 0.6) is 0 Å². The normalized spacial score (nSPS) is 12.8. The molecule has 0 aliphatic heterocycles. The van der Waals surface area contributed by atoms with Crippen LogP contribution >= 0.6 is 0 Å². The smallest absolute Gasteiger partial charge is 0.150 e. The second-order valence-corrected chi connectivity index (χ2v) is 9.18. The van der Waals surface area contributed by atoms with E-state index in [2.05, 4.69) is 89.9 Å². The summed E-state index contributed by atoms with van der Waals surface area (Å²) in [6, 6.07) is 33.9. The molecule has 0 fully saturated rings. The largest absolute Gasteiger partial charge is 0.337 e. The standard InChI is InChI=1S/C32H26N2O/c35-21-28-19-22-11-12-23-14-16-25(18-17-24(28)15-13-22)29(20-23)32-33-30(26-7-3-1-4-8-26)31(34-32)27-9-5-2-6-10-27/h1-10,13-16,19-21H,11-12,17-18H2,(H,33,34). The highest BCUT2D eigenvalue weighted by molar-refractivity contribution is 5.82. The van der Waals surface area contributed by atoms with Gasteiger partial charge in [-0.05, 0) is 60.1 Å². The molecule has 0 spiro atoms. The van der Waals surface area contributed by atoms with E-state index in [1.807, 2.05) is 12.1 Å². The third kappa shape index (κ3) is 4.22. The maximum atomic E-state index is 11.7. The van der Waals surface area contributed by atoms with Crippen molar-refractivity contribution in [3.63, 3.8) is 0 Å². The number of benzene rings is 4. The van der Waals surface area contributed by atoms with Crippen LogP contribution in [0.15, 0.2) is 97.1 Å². The molecule has 1 N–H and O–H groups in total. The van der Waals surface area contributed by atoms with Crippen molar-refractivity contribution in [1.82, 2.24) is 9.97 Å². The molecule has 5 aromatic rings. The first-order valence-electron chi connectivity index (χ1n) is 12.2. The first-order chi connectivity index (χ1) is 17.3. The van der Waals surface area contributed by atoms with Gasteiger partial charge in [-0.25, -0.2) is 4.98 Å². The van der Waals surface area contributed by atoms with Crippen LogP contribution in [0.1, 0.15) is 32.6 Å². The van der Waals surface area contributed by atoms with Gasteiger partial charge in [0.2, 0.25) is 0 Å². The summed E-state index contributed by atoms with van der Waals surface area (Å²) in [4.78, 5) is 20.6. The maximum absolute atomic E-state index is 11.7. The molecule has 0 radical (unpaired) electrons. The van der Waals surface area contributed by atoms with E-state index in [1.54, 1.807) is 0 Å². The number of carbonyl (C=O) groups is 1. The van der Waals surface area contributed by atoms with Crippen LogP contribution in [0, 0.1) is 0 Å². The van der Waals surface area contributed by atoms with E-state index in [9.17, 15) is 4.79 Å². The van der Waals surface area contributed by atoms with E-state index in [-0.39, 0.29) is 0 Å². The summed E-state index contributed by atoms with van der Waals surface area (Å²) in [5.41, 5.74) is 11.0. The first kappa shape index (κ1) is 21.3. The van der Waals surface area contributed by atoms with E-state index < -0.39 is 0 Å². The zero-order valence-electron chi connectivity index (χ0n) is 19.5. The molecular weight excluding hydrogens is 428 g/mol. The summed E-state index contributed by atoms with van der Waals surface area (Å²) < 4.78 is 0. The predicted octanol–water partition coefficient (Wildman–Crippen LogP) is 7.11. The van der Waals surface area contributed by atoms with Gasteiger partial charge < -0.3 is 4.98 Å². The number of nitrogens with zero attached hydrogens (tertiary/aromatic N) is 1. The molecule has 4 aromatic carbocycles. The Labute approximate surface area is 205 Å². The molecular formula is C32H26N2O. The fraction of sp³-hybridized carbons (Fsp3) is 0.125. The van der Waals surface area contributed by atoms with E-state index in [0.29, 0.717) is 0 Å². The van der Waals surface area contributed by atoms with Crippen molar-refractivity contribution in [3.05, 3.63) is 125 Å². The summed E-state index contributed by atoms with van der Waals surface area (Å²) >= 11 is 0. The van der Waals surface area contributed by atoms with Crippen LogP contribution in [0.2, 0.25) is 0 Å². The number of aromatic amines is 1. The minimum Gasteiger partial charge on any atom is -0.337 e. The molecule has 4 bridgehead atoms. The summed E-state index contributed by atoms with van der Waals surface area (Å²) in [6.45, 7) is 0. The molecule has 0 amide bonds. The summed E-state index contributed by atoms with van der Waals surface area (Å²) in [6.07, 6.45) is 4.49. The highest BCUT2D eigenvalue weighted by Gasteiger charge is 2.18. The van der Waals surface area contributed by atoms with Crippen molar-refractivity contribution >= 4 is 6.29 Å². The molecule has 0 saturated heterocycles. The molecule has 1 aromatic heterocycles. The van der Waals surface area contributed by atoms with Crippen molar-refractivity contribution < 1.29 is 4.79 Å². The van der Waals surface area contributed by atoms with Crippen molar-refractivity contribution in [2.75, 3.05) is 0 Å². The van der Waals surface area contributed by atoms with Crippen LogP contribution in [0.25, 0.3) is 33.9 Å². The molecule has 4 aliphatic rings. The van der Waals surface area contributed by atoms with Gasteiger partial charge in [-0.15, -0.1) is 0 Å². The number of imidazole rings is 1. The van der Waals surface area contributed by atoms with Gasteiger partial charge in [0.15, 0.2) is 0 Å². The summed E-state index contributed by atoms with van der Waals surface area (Å²) in [7, 11) is 0. The molecule has 0 saturated carbocycles. The lowest BCUT2D eigenvalue weighted by Gasteiger charge is -2.14. The zero-order valence-corrected chi connectivity index (χ0v) is 19.5. The fourth-order valence-corrected chi connectivity index (χ4v) is 5.03. The number of rotatable bonds is 4. The van der Waals surface area contributed by atoms with Crippen molar-refractivity contribution in [2.24, 2.45) is 0 Å². The maximum Gasteiger partial charge on any atom is 0.150 e. The topological polar surface area (TPSA) is 45.8 Å². The predicted molar refractivity (Wildman–Crippen MR) is 142 cm³/mol. The SMILES string of the molecule is O=Cc1cc2ccc1CCc1ccc(cc1-c1nc(-c3ccccc3)c(-c3ccccc3)[nH]1)CC2. The Morgan fingerprint density at radius 1 is 0.657 bits per heavy atom. The van der Waals surface area contributed by atoms with Crippen LogP contribution in [0.4, 0.5) is 0 Å². The number of aromatic nitrogens is 2. The van der Waals surface area contributed by atoms with E-state index in [1.165, 1.54) is 16.7 Å². The van der Waals surface area contributed by atoms with Gasteiger partial charge in [-0.3, -0.25) is 4.79 Å². The molecule has 0 unspecified atom stereocenters. The molecule has 170 valence electrons. The van der Waals surface area contributed by atoms with E-state index >= 15 is 0 Å². The number of H-pyrrole nitrogens is 1. The Hall–Kier alpha value is -4.24. The van der Waals surface area contributed by atoms with Gasteiger partial charge in [-0.1, -0.05) is 84.9 Å². The summed E-state index contributed by atoms with van der Waals surface area (Å²) in [5, 5.41) is 0. The lowest BCUT2D eigenvalue weighted by Crippen LogP contribution is -2.03. The lowest BCUT2D eigenvalue weighted by molar-refractivity contribution is 0.112. The van der Waals surface area contributed by atoms with Crippen LogP contribution in [-0.4, -0.2) is 16.3 Å². The van der Waals surface area contributed by atoms with Crippen molar-refractivity contribution in [2.45, 2.75) is 25.7 Å². The summed E-state index contributed by atoms with van der Waals surface area (Å²) in [5.74, 6) is 0.890. The van der Waals surface area contributed by atoms with E-state index in [4.69, 9.17) is 4.98 Å². The highest BCUT2D eigenvalue weighted by atomic mass is 16.1. The van der Waals surface area contributed by atoms with Crippen LogP contribution < -0.4 is 0 Å². The third-order valence-electron chi connectivity index (χ3n) is 6.95. The quantitative estimate of drug-likeness (QED) is 0.294. The number of aryl methyl sites for hydroxylation is 4. The molecule has 3 nitrogen and oxygen atoms in total. The van der Waals surface area contributed by atoms with Gasteiger partial charge in [-0.2, -0.15) is 0 Å². The van der Waals surface area contributed by atoms with Crippen molar-refractivity contribution in [1.29, 1.82) is 0 Å². The minimum atomic E-state index is 0.815. The Morgan fingerprint density at radius 3 is 2.00 bits per heavy atom. The average Bonchev–Trinajstić information content (AvgIpc) is 3.36. The number of hydrogen-bond donors (Lipinski definition) is 1. The Bertz CT molecular complexity index is 1440. The number of aldehydes is 1. The van der Waals surface area contributed by atoms with Crippen LogP contribution in [-0.2, 0) is 25.7 Å². The average molecular weight is 455 g/mol. The minimum absolute atomic E-state index is 0.815. The second kappa shape index (κ2) is 9.19. The molecule has 4 aliphatic carbocycles. The first-order valence-corrected chi connectivity index (χ1v) is 12.2. The molecule has 9 rings (SSSR count). The monoisotopic (exact) mass is 454 g/mol. The molecule has 1 heterocycles. The van der Waals surface area contributed by atoms with Crippen LogP contribution in [0.3, 0.4) is 0 Å². The molecule has 35 heavy (non-hydrogen) atoms. The van der Waals surface area contributed by atoms with Gasteiger partial charge in [0, 0.05) is 22.3 Å². The fourth-order valence-electron chi connectivity index (χ4n) is 5.03. The zero-order chi connectivity index (χ0) is 23.6. The Kier molecular flexibility index (Phi) is 5.59. The van der Waals surface area contributed by atoms with Gasteiger partial charge in [0.1, 0.15) is 12.1 Å². The lowest BCUT2D eigenvalue weighted by atomic mass is 9.91. The molecule has 3 heteroatoms. The van der Waals surface area contributed by atoms with E-state index in [0.717, 1.165) is 77.0 Å². The Balaban J connectivity index is 1.48.